The van der Waals surface area contributed by atoms with E-state index in [4.69, 9.17) is 4.74 Å². The van der Waals surface area contributed by atoms with Gasteiger partial charge in [0, 0.05) is 25.0 Å². The molecule has 7 heteroatoms. The second-order valence-corrected chi connectivity index (χ2v) is 7.70. The summed E-state index contributed by atoms with van der Waals surface area (Å²) in [5.41, 5.74) is 3.79. The number of hydrogen-bond donors (Lipinski definition) is 1. The molecule has 0 aliphatic carbocycles. The van der Waals surface area contributed by atoms with E-state index in [1.54, 1.807) is 30.5 Å². The van der Waals surface area contributed by atoms with Crippen LogP contribution in [-0.4, -0.2) is 20.4 Å². The molecule has 0 fully saturated rings. The Kier molecular flexibility index (Phi) is 4.83. The Bertz CT molecular complexity index is 1150. The number of thiazole rings is 1. The third kappa shape index (κ3) is 3.75. The molecule has 1 N–H and O–H groups in total. The fourth-order valence-corrected chi connectivity index (χ4v) is 4.02. The van der Waals surface area contributed by atoms with Crippen LogP contribution in [0.4, 0.5) is 5.13 Å². The van der Waals surface area contributed by atoms with E-state index >= 15 is 0 Å². The lowest BCUT2D eigenvalue weighted by Crippen LogP contribution is -2.11. The van der Waals surface area contributed by atoms with Crippen molar-refractivity contribution < 1.29 is 9.53 Å². The molecule has 0 saturated carbocycles. The van der Waals surface area contributed by atoms with Crippen molar-refractivity contribution in [2.45, 2.75) is 20.5 Å². The number of carbonyl (C=O) groups is 1. The Balaban J connectivity index is 1.43. The van der Waals surface area contributed by atoms with Gasteiger partial charge in [-0.15, -0.1) is 0 Å². The van der Waals surface area contributed by atoms with Gasteiger partial charge in [-0.05, 0) is 55.3 Å². The van der Waals surface area contributed by atoms with E-state index in [0.717, 1.165) is 21.6 Å². The number of hydrogen-bond acceptors (Lipinski definition) is 5. The van der Waals surface area contributed by atoms with Crippen molar-refractivity contribution in [2.75, 3.05) is 5.32 Å². The van der Waals surface area contributed by atoms with E-state index in [1.807, 2.05) is 24.7 Å². The molecule has 0 aliphatic rings. The van der Waals surface area contributed by atoms with Gasteiger partial charge in [-0.2, -0.15) is 0 Å². The SMILES string of the molecule is Cc1cc(C)c2nc(NC(=O)c3ccc(OCc4nccn4C)cc3)sc2c1. The van der Waals surface area contributed by atoms with Crippen LogP contribution in [0.25, 0.3) is 10.2 Å². The average molecular weight is 392 g/mol. The summed E-state index contributed by atoms with van der Waals surface area (Å²) in [6.07, 6.45) is 3.61. The van der Waals surface area contributed by atoms with Gasteiger partial charge in [-0.25, -0.2) is 9.97 Å². The molecule has 28 heavy (non-hydrogen) atoms. The molecule has 0 bridgehead atoms. The van der Waals surface area contributed by atoms with E-state index < -0.39 is 0 Å². The van der Waals surface area contributed by atoms with Gasteiger partial charge in [0.25, 0.3) is 5.91 Å². The van der Waals surface area contributed by atoms with Crippen molar-refractivity contribution in [1.29, 1.82) is 0 Å². The predicted octanol–water partition coefficient (Wildman–Crippen LogP) is 4.48. The Morgan fingerprint density at radius 2 is 2.00 bits per heavy atom. The molecule has 0 aliphatic heterocycles. The van der Waals surface area contributed by atoms with Crippen LogP contribution >= 0.6 is 11.3 Å². The number of aromatic nitrogens is 3. The molecule has 1 amide bonds. The van der Waals surface area contributed by atoms with Gasteiger partial charge in [-0.1, -0.05) is 17.4 Å². The second-order valence-electron chi connectivity index (χ2n) is 6.67. The summed E-state index contributed by atoms with van der Waals surface area (Å²) in [5, 5.41) is 3.49. The second kappa shape index (κ2) is 7.44. The van der Waals surface area contributed by atoms with Gasteiger partial charge >= 0.3 is 0 Å². The zero-order valence-corrected chi connectivity index (χ0v) is 16.7. The number of fused-ring (bicyclic) bond motifs is 1. The number of anilines is 1. The standard InChI is InChI=1S/C21H20N4O2S/c1-13-10-14(2)19-17(11-13)28-21(23-19)24-20(26)15-4-6-16(7-5-15)27-12-18-22-8-9-25(18)3/h4-11H,12H2,1-3H3,(H,23,24,26). The van der Waals surface area contributed by atoms with E-state index in [9.17, 15) is 4.79 Å². The molecule has 0 atom stereocenters. The first kappa shape index (κ1) is 18.2. The maximum atomic E-state index is 12.5. The van der Waals surface area contributed by atoms with Crippen LogP contribution < -0.4 is 10.1 Å². The van der Waals surface area contributed by atoms with Crippen molar-refractivity contribution in [2.24, 2.45) is 7.05 Å². The monoisotopic (exact) mass is 392 g/mol. The number of ether oxygens (including phenoxy) is 1. The fraction of sp³-hybridized carbons (Fsp3) is 0.190. The molecule has 0 unspecified atom stereocenters. The lowest BCUT2D eigenvalue weighted by molar-refractivity contribution is 0.102. The van der Waals surface area contributed by atoms with E-state index in [0.29, 0.717) is 23.1 Å². The van der Waals surface area contributed by atoms with Crippen molar-refractivity contribution in [3.05, 3.63) is 71.3 Å². The highest BCUT2D eigenvalue weighted by atomic mass is 32.1. The minimum atomic E-state index is -0.191. The first-order valence-corrected chi connectivity index (χ1v) is 9.69. The predicted molar refractivity (Wildman–Crippen MR) is 111 cm³/mol. The third-order valence-electron chi connectivity index (χ3n) is 4.46. The summed E-state index contributed by atoms with van der Waals surface area (Å²) in [6.45, 7) is 4.46. The minimum absolute atomic E-state index is 0.191. The molecule has 142 valence electrons. The fourth-order valence-electron chi connectivity index (χ4n) is 2.98. The number of aryl methyl sites for hydroxylation is 3. The van der Waals surface area contributed by atoms with Gasteiger partial charge in [0.2, 0.25) is 0 Å². The summed E-state index contributed by atoms with van der Waals surface area (Å²) in [4.78, 5) is 21.3. The highest BCUT2D eigenvalue weighted by Crippen LogP contribution is 2.29. The van der Waals surface area contributed by atoms with Crippen LogP contribution in [-0.2, 0) is 13.7 Å². The Morgan fingerprint density at radius 1 is 1.21 bits per heavy atom. The van der Waals surface area contributed by atoms with Crippen molar-refractivity contribution in [3.63, 3.8) is 0 Å². The summed E-state index contributed by atoms with van der Waals surface area (Å²) < 4.78 is 8.70. The zero-order valence-electron chi connectivity index (χ0n) is 15.9. The number of amides is 1. The lowest BCUT2D eigenvalue weighted by Gasteiger charge is -2.07. The molecule has 2 aromatic carbocycles. The normalized spacial score (nSPS) is 11.0. The molecule has 2 heterocycles. The summed E-state index contributed by atoms with van der Waals surface area (Å²) in [6, 6.07) is 11.2. The van der Waals surface area contributed by atoms with E-state index in [1.165, 1.54) is 16.9 Å². The quantitative estimate of drug-likeness (QED) is 0.544. The van der Waals surface area contributed by atoms with Crippen molar-refractivity contribution in [1.82, 2.24) is 14.5 Å². The van der Waals surface area contributed by atoms with Gasteiger partial charge in [0.15, 0.2) is 5.13 Å². The molecule has 0 radical (unpaired) electrons. The number of rotatable bonds is 5. The lowest BCUT2D eigenvalue weighted by atomic mass is 10.1. The van der Waals surface area contributed by atoms with Crippen LogP contribution in [0.3, 0.4) is 0 Å². The molecular weight excluding hydrogens is 372 g/mol. The molecule has 0 spiro atoms. The largest absolute Gasteiger partial charge is 0.486 e. The number of imidazole rings is 1. The molecule has 4 rings (SSSR count). The molecule has 6 nitrogen and oxygen atoms in total. The Morgan fingerprint density at radius 3 is 2.71 bits per heavy atom. The highest BCUT2D eigenvalue weighted by Gasteiger charge is 2.12. The Hall–Kier alpha value is -3.19. The molecule has 0 saturated heterocycles. The molecule has 4 aromatic rings. The molecule has 2 aromatic heterocycles. The van der Waals surface area contributed by atoms with Gasteiger partial charge < -0.3 is 9.30 Å². The van der Waals surface area contributed by atoms with Crippen LogP contribution in [0.5, 0.6) is 5.75 Å². The summed E-state index contributed by atoms with van der Waals surface area (Å²) in [5.74, 6) is 1.33. The first-order valence-electron chi connectivity index (χ1n) is 8.88. The van der Waals surface area contributed by atoms with Crippen molar-refractivity contribution in [3.8, 4) is 5.75 Å². The topological polar surface area (TPSA) is 69.0 Å². The number of nitrogens with one attached hydrogen (secondary N) is 1. The highest BCUT2D eigenvalue weighted by molar-refractivity contribution is 7.22. The van der Waals surface area contributed by atoms with Crippen molar-refractivity contribution >= 4 is 32.6 Å². The smallest absolute Gasteiger partial charge is 0.257 e. The minimum Gasteiger partial charge on any atom is -0.486 e. The van der Waals surface area contributed by atoms with Crippen LogP contribution in [0.15, 0.2) is 48.8 Å². The maximum Gasteiger partial charge on any atom is 0.257 e. The number of benzene rings is 2. The first-order chi connectivity index (χ1) is 13.5. The third-order valence-corrected chi connectivity index (χ3v) is 5.37. The number of nitrogens with zero attached hydrogens (tertiary/aromatic N) is 3. The van der Waals surface area contributed by atoms with Gasteiger partial charge in [0.05, 0.1) is 10.2 Å². The summed E-state index contributed by atoms with van der Waals surface area (Å²) >= 11 is 1.48. The number of carbonyl (C=O) groups excluding carboxylic acids is 1. The summed E-state index contributed by atoms with van der Waals surface area (Å²) in [7, 11) is 1.92. The maximum absolute atomic E-state index is 12.5. The van der Waals surface area contributed by atoms with Crippen LogP contribution in [0.2, 0.25) is 0 Å². The Labute approximate surface area is 166 Å². The van der Waals surface area contributed by atoms with Crippen LogP contribution in [0, 0.1) is 13.8 Å². The van der Waals surface area contributed by atoms with E-state index in [-0.39, 0.29) is 5.91 Å². The van der Waals surface area contributed by atoms with E-state index in [2.05, 4.69) is 34.3 Å². The average Bonchev–Trinajstić information content (AvgIpc) is 3.26. The van der Waals surface area contributed by atoms with Crippen LogP contribution in [0.1, 0.15) is 27.3 Å². The molecular formula is C21H20N4O2S. The zero-order chi connectivity index (χ0) is 19.7. The van der Waals surface area contributed by atoms with Gasteiger partial charge in [-0.3, -0.25) is 10.1 Å². The van der Waals surface area contributed by atoms with Gasteiger partial charge in [0.1, 0.15) is 18.2 Å².